The minimum atomic E-state index is -0.463. The third-order valence-electron chi connectivity index (χ3n) is 1.98. The average molecular weight is 220 g/mol. The summed E-state index contributed by atoms with van der Waals surface area (Å²) in [7, 11) is 0. The van der Waals surface area contributed by atoms with Crippen LogP contribution in [-0.4, -0.2) is 19.3 Å². The number of hydrogen-bond donors (Lipinski definition) is 1. The van der Waals surface area contributed by atoms with Gasteiger partial charge in [0.15, 0.2) is 0 Å². The van der Waals surface area contributed by atoms with Crippen LogP contribution in [0, 0.1) is 11.3 Å². The average Bonchev–Trinajstić information content (AvgIpc) is 2.30. The molecule has 4 heteroatoms. The van der Waals surface area contributed by atoms with E-state index in [1.807, 2.05) is 37.3 Å². The standard InChI is InChI=1S/C12H16N2O2/c1-2-15-11-4-3-5-12(8-11)16-7-6-10(14)9-13/h3-5,8,10H,2,6-7,14H2,1H3. The maximum Gasteiger partial charge on any atom is 0.122 e. The van der Waals surface area contributed by atoms with E-state index in [4.69, 9.17) is 20.5 Å². The van der Waals surface area contributed by atoms with Gasteiger partial charge < -0.3 is 15.2 Å². The minimum Gasteiger partial charge on any atom is -0.494 e. The van der Waals surface area contributed by atoms with Crippen LogP contribution >= 0.6 is 0 Å². The van der Waals surface area contributed by atoms with E-state index in [0.717, 1.165) is 11.5 Å². The maximum absolute atomic E-state index is 8.50. The molecule has 0 aliphatic carbocycles. The van der Waals surface area contributed by atoms with Crippen LogP contribution in [0.2, 0.25) is 0 Å². The Labute approximate surface area is 95.6 Å². The van der Waals surface area contributed by atoms with Gasteiger partial charge >= 0.3 is 0 Å². The van der Waals surface area contributed by atoms with Crippen LogP contribution in [0.3, 0.4) is 0 Å². The molecule has 0 bridgehead atoms. The van der Waals surface area contributed by atoms with Crippen molar-refractivity contribution in [2.75, 3.05) is 13.2 Å². The molecule has 0 heterocycles. The number of nitrogens with two attached hydrogens (primary N) is 1. The molecule has 2 N–H and O–H groups in total. The van der Waals surface area contributed by atoms with Crippen LogP contribution in [-0.2, 0) is 0 Å². The molecule has 1 unspecified atom stereocenters. The van der Waals surface area contributed by atoms with Crippen LogP contribution in [0.15, 0.2) is 24.3 Å². The van der Waals surface area contributed by atoms with E-state index in [2.05, 4.69) is 0 Å². The van der Waals surface area contributed by atoms with Gasteiger partial charge in [0.25, 0.3) is 0 Å². The van der Waals surface area contributed by atoms with E-state index < -0.39 is 6.04 Å². The maximum atomic E-state index is 8.50. The van der Waals surface area contributed by atoms with Crippen molar-refractivity contribution < 1.29 is 9.47 Å². The first-order chi connectivity index (χ1) is 7.76. The van der Waals surface area contributed by atoms with Gasteiger partial charge in [-0.1, -0.05) is 6.07 Å². The number of hydrogen-bond acceptors (Lipinski definition) is 4. The summed E-state index contributed by atoms with van der Waals surface area (Å²) in [6.45, 7) is 2.99. The predicted octanol–water partition coefficient (Wildman–Crippen LogP) is 1.71. The molecule has 0 saturated carbocycles. The predicted molar refractivity (Wildman–Crippen MR) is 61.3 cm³/mol. The van der Waals surface area contributed by atoms with Gasteiger partial charge in [0.2, 0.25) is 0 Å². The van der Waals surface area contributed by atoms with Gasteiger partial charge in [-0.2, -0.15) is 5.26 Å². The molecule has 16 heavy (non-hydrogen) atoms. The van der Waals surface area contributed by atoms with Crippen molar-refractivity contribution in [1.82, 2.24) is 0 Å². The SMILES string of the molecule is CCOc1cccc(OCCC(N)C#N)c1. The third kappa shape index (κ3) is 4.20. The highest BCUT2D eigenvalue weighted by atomic mass is 16.5. The summed E-state index contributed by atoms with van der Waals surface area (Å²) < 4.78 is 10.8. The first-order valence-electron chi connectivity index (χ1n) is 5.27. The monoisotopic (exact) mass is 220 g/mol. The molecule has 1 aromatic rings. The Morgan fingerprint density at radius 1 is 1.38 bits per heavy atom. The fourth-order valence-electron chi connectivity index (χ4n) is 1.19. The lowest BCUT2D eigenvalue weighted by Crippen LogP contribution is -2.20. The van der Waals surface area contributed by atoms with E-state index in [1.165, 1.54) is 0 Å². The molecule has 0 radical (unpaired) electrons. The Balaban J connectivity index is 2.42. The Bertz CT molecular complexity index is 360. The quantitative estimate of drug-likeness (QED) is 0.792. The molecule has 0 aliphatic rings. The van der Waals surface area contributed by atoms with Crippen molar-refractivity contribution in [3.63, 3.8) is 0 Å². The van der Waals surface area contributed by atoms with Gasteiger partial charge in [0.05, 0.1) is 25.3 Å². The number of benzene rings is 1. The normalized spacial score (nSPS) is 11.6. The highest BCUT2D eigenvalue weighted by Gasteiger charge is 2.01. The van der Waals surface area contributed by atoms with Crippen LogP contribution in [0.5, 0.6) is 11.5 Å². The fraction of sp³-hybridized carbons (Fsp3) is 0.417. The number of nitriles is 1. The lowest BCUT2D eigenvalue weighted by molar-refractivity contribution is 0.300. The van der Waals surface area contributed by atoms with Gasteiger partial charge in [0.1, 0.15) is 11.5 Å². The van der Waals surface area contributed by atoms with Crippen LogP contribution in [0.25, 0.3) is 0 Å². The Morgan fingerprint density at radius 2 is 2.06 bits per heavy atom. The van der Waals surface area contributed by atoms with E-state index in [9.17, 15) is 0 Å². The highest BCUT2D eigenvalue weighted by molar-refractivity contribution is 5.32. The minimum absolute atomic E-state index is 0.435. The zero-order chi connectivity index (χ0) is 11.8. The summed E-state index contributed by atoms with van der Waals surface area (Å²) in [4.78, 5) is 0. The Hall–Kier alpha value is -1.73. The lowest BCUT2D eigenvalue weighted by Gasteiger charge is -2.08. The van der Waals surface area contributed by atoms with Crippen molar-refractivity contribution in [2.24, 2.45) is 5.73 Å². The second-order valence-corrected chi connectivity index (χ2v) is 3.28. The molecule has 0 aromatic heterocycles. The topological polar surface area (TPSA) is 68.3 Å². The Morgan fingerprint density at radius 3 is 2.69 bits per heavy atom. The summed E-state index contributed by atoms with van der Waals surface area (Å²) in [5.74, 6) is 1.51. The van der Waals surface area contributed by atoms with Gasteiger partial charge in [0, 0.05) is 12.5 Å². The first-order valence-corrected chi connectivity index (χ1v) is 5.27. The Kier molecular flexibility index (Phi) is 5.17. The van der Waals surface area contributed by atoms with Gasteiger partial charge in [-0.25, -0.2) is 0 Å². The largest absolute Gasteiger partial charge is 0.494 e. The van der Waals surface area contributed by atoms with E-state index >= 15 is 0 Å². The molecule has 1 rings (SSSR count). The molecular weight excluding hydrogens is 204 g/mol. The zero-order valence-electron chi connectivity index (χ0n) is 9.35. The smallest absolute Gasteiger partial charge is 0.122 e. The summed E-state index contributed by atoms with van der Waals surface area (Å²) >= 11 is 0. The van der Waals surface area contributed by atoms with Crippen molar-refractivity contribution in [3.05, 3.63) is 24.3 Å². The first kappa shape index (κ1) is 12.3. The summed E-state index contributed by atoms with van der Waals surface area (Å²) in [6, 6.07) is 8.90. The van der Waals surface area contributed by atoms with Crippen LogP contribution in [0.4, 0.5) is 0 Å². The highest BCUT2D eigenvalue weighted by Crippen LogP contribution is 2.19. The summed E-state index contributed by atoms with van der Waals surface area (Å²) in [5, 5.41) is 8.50. The number of ether oxygens (including phenoxy) is 2. The third-order valence-corrected chi connectivity index (χ3v) is 1.98. The van der Waals surface area contributed by atoms with E-state index in [0.29, 0.717) is 19.6 Å². The molecule has 0 saturated heterocycles. The van der Waals surface area contributed by atoms with E-state index in [1.54, 1.807) is 0 Å². The molecule has 86 valence electrons. The molecule has 0 spiro atoms. The fourth-order valence-corrected chi connectivity index (χ4v) is 1.19. The van der Waals surface area contributed by atoms with Gasteiger partial charge in [-0.3, -0.25) is 0 Å². The second-order valence-electron chi connectivity index (χ2n) is 3.28. The van der Waals surface area contributed by atoms with Crippen molar-refractivity contribution >= 4 is 0 Å². The van der Waals surface area contributed by atoms with Gasteiger partial charge in [-0.15, -0.1) is 0 Å². The number of rotatable bonds is 6. The number of nitrogens with zero attached hydrogens (tertiary/aromatic N) is 1. The summed E-state index contributed by atoms with van der Waals surface area (Å²) in [6.07, 6.45) is 0.523. The molecule has 1 atom stereocenters. The van der Waals surface area contributed by atoms with Crippen LogP contribution in [0.1, 0.15) is 13.3 Å². The molecular formula is C12H16N2O2. The lowest BCUT2D eigenvalue weighted by atomic mass is 10.2. The second kappa shape index (κ2) is 6.70. The van der Waals surface area contributed by atoms with Gasteiger partial charge in [-0.05, 0) is 19.1 Å². The molecule has 0 aliphatic heterocycles. The van der Waals surface area contributed by atoms with Crippen molar-refractivity contribution in [1.29, 1.82) is 5.26 Å². The summed E-state index contributed by atoms with van der Waals surface area (Å²) in [5.41, 5.74) is 5.45. The van der Waals surface area contributed by atoms with Crippen molar-refractivity contribution in [3.8, 4) is 17.6 Å². The van der Waals surface area contributed by atoms with E-state index in [-0.39, 0.29) is 0 Å². The van der Waals surface area contributed by atoms with Crippen LogP contribution < -0.4 is 15.2 Å². The molecule has 0 amide bonds. The molecule has 0 fully saturated rings. The zero-order valence-corrected chi connectivity index (χ0v) is 9.35. The molecule has 4 nitrogen and oxygen atoms in total. The van der Waals surface area contributed by atoms with Crippen molar-refractivity contribution in [2.45, 2.75) is 19.4 Å². The molecule has 1 aromatic carbocycles.